The predicted molar refractivity (Wildman–Crippen MR) is 72.8 cm³/mol. The van der Waals surface area contributed by atoms with Gasteiger partial charge in [-0.05, 0) is 19.1 Å². The van der Waals surface area contributed by atoms with Crippen LogP contribution in [0.3, 0.4) is 0 Å². The molecular weight excluding hydrogens is 280 g/mol. The van der Waals surface area contributed by atoms with Gasteiger partial charge in [0.1, 0.15) is 5.56 Å². The fourth-order valence-electron chi connectivity index (χ4n) is 1.87. The molecule has 0 amide bonds. The number of hydrogen-bond donors (Lipinski definition) is 1. The van der Waals surface area contributed by atoms with Gasteiger partial charge < -0.3 is 10.1 Å². The Morgan fingerprint density at radius 3 is 2.90 bits per heavy atom. The Hall–Kier alpha value is -2.44. The van der Waals surface area contributed by atoms with Gasteiger partial charge in [-0.15, -0.1) is 0 Å². The second kappa shape index (κ2) is 6.34. The van der Waals surface area contributed by atoms with Gasteiger partial charge in [-0.1, -0.05) is 6.07 Å². The molecule has 112 valence electrons. The summed E-state index contributed by atoms with van der Waals surface area (Å²) in [4.78, 5) is 11.8. The van der Waals surface area contributed by atoms with E-state index < -0.39 is 17.6 Å². The summed E-state index contributed by atoms with van der Waals surface area (Å²) in [5.41, 5.74) is 0.840. The lowest BCUT2D eigenvalue weighted by Gasteiger charge is -2.10. The molecule has 1 aromatic carbocycles. The molecule has 0 fully saturated rings. The number of aryl methyl sites for hydroxylation is 1. The number of hydrogen-bond acceptors (Lipinski definition) is 4. The SMILES string of the molecule is CCOC(=O)c1cnn(C)c1CNc1cccc(F)c1F. The maximum Gasteiger partial charge on any atom is 0.341 e. The molecule has 21 heavy (non-hydrogen) atoms. The van der Waals surface area contributed by atoms with E-state index in [1.54, 1.807) is 14.0 Å². The summed E-state index contributed by atoms with van der Waals surface area (Å²) < 4.78 is 33.1. The van der Waals surface area contributed by atoms with Crippen molar-refractivity contribution < 1.29 is 18.3 Å². The zero-order valence-electron chi connectivity index (χ0n) is 11.7. The highest BCUT2D eigenvalue weighted by molar-refractivity contribution is 5.90. The van der Waals surface area contributed by atoms with Gasteiger partial charge in [-0.25, -0.2) is 13.6 Å². The Labute approximate surface area is 120 Å². The molecule has 0 atom stereocenters. The maximum atomic E-state index is 13.6. The van der Waals surface area contributed by atoms with E-state index in [0.29, 0.717) is 11.3 Å². The number of ether oxygens (including phenoxy) is 1. The van der Waals surface area contributed by atoms with Crippen molar-refractivity contribution in [3.8, 4) is 0 Å². The van der Waals surface area contributed by atoms with E-state index in [9.17, 15) is 13.6 Å². The number of esters is 1. The van der Waals surface area contributed by atoms with Crippen LogP contribution < -0.4 is 5.32 Å². The van der Waals surface area contributed by atoms with E-state index >= 15 is 0 Å². The number of anilines is 1. The number of carbonyl (C=O) groups excluding carboxylic acids is 1. The first-order chi connectivity index (χ1) is 10.0. The molecule has 0 saturated heterocycles. The highest BCUT2D eigenvalue weighted by atomic mass is 19.2. The second-order valence-electron chi connectivity index (χ2n) is 4.30. The Morgan fingerprint density at radius 1 is 1.43 bits per heavy atom. The van der Waals surface area contributed by atoms with Gasteiger partial charge in [0.2, 0.25) is 0 Å². The van der Waals surface area contributed by atoms with E-state index in [0.717, 1.165) is 6.07 Å². The van der Waals surface area contributed by atoms with Crippen molar-refractivity contribution in [2.75, 3.05) is 11.9 Å². The van der Waals surface area contributed by atoms with Crippen LogP contribution in [0.5, 0.6) is 0 Å². The van der Waals surface area contributed by atoms with Gasteiger partial charge in [-0.2, -0.15) is 5.10 Å². The minimum atomic E-state index is -0.961. The summed E-state index contributed by atoms with van der Waals surface area (Å²) in [5.74, 6) is -2.39. The molecule has 5 nitrogen and oxygen atoms in total. The van der Waals surface area contributed by atoms with Gasteiger partial charge in [0.25, 0.3) is 0 Å². The van der Waals surface area contributed by atoms with Crippen LogP contribution in [-0.2, 0) is 18.3 Å². The van der Waals surface area contributed by atoms with E-state index in [4.69, 9.17) is 4.74 Å². The van der Waals surface area contributed by atoms with Crippen molar-refractivity contribution in [3.63, 3.8) is 0 Å². The van der Waals surface area contributed by atoms with Crippen molar-refractivity contribution in [2.24, 2.45) is 7.05 Å². The quantitative estimate of drug-likeness (QED) is 0.861. The third kappa shape index (κ3) is 3.18. The highest BCUT2D eigenvalue weighted by Crippen LogP contribution is 2.18. The van der Waals surface area contributed by atoms with Crippen molar-refractivity contribution in [2.45, 2.75) is 13.5 Å². The van der Waals surface area contributed by atoms with Crippen molar-refractivity contribution >= 4 is 11.7 Å². The summed E-state index contributed by atoms with van der Waals surface area (Å²) in [6.45, 7) is 2.07. The molecule has 0 unspecified atom stereocenters. The molecular formula is C14H15F2N3O2. The molecule has 0 spiro atoms. The van der Waals surface area contributed by atoms with Gasteiger partial charge in [-0.3, -0.25) is 4.68 Å². The fraction of sp³-hybridized carbons (Fsp3) is 0.286. The first-order valence-corrected chi connectivity index (χ1v) is 6.40. The monoisotopic (exact) mass is 295 g/mol. The van der Waals surface area contributed by atoms with Gasteiger partial charge in [0.05, 0.1) is 30.7 Å². The molecule has 0 aliphatic carbocycles. The molecule has 0 bridgehead atoms. The summed E-state index contributed by atoms with van der Waals surface area (Å²) in [6.07, 6.45) is 1.39. The number of aromatic nitrogens is 2. The van der Waals surface area contributed by atoms with Gasteiger partial charge in [0, 0.05) is 7.05 Å². The topological polar surface area (TPSA) is 56.1 Å². The summed E-state index contributed by atoms with van der Waals surface area (Å²) in [7, 11) is 1.65. The zero-order valence-corrected chi connectivity index (χ0v) is 11.7. The zero-order chi connectivity index (χ0) is 15.4. The van der Waals surface area contributed by atoms with Crippen molar-refractivity contribution in [1.82, 2.24) is 9.78 Å². The summed E-state index contributed by atoms with van der Waals surface area (Å²) >= 11 is 0. The molecule has 2 rings (SSSR count). The Kier molecular flexibility index (Phi) is 4.52. The third-order valence-corrected chi connectivity index (χ3v) is 2.95. The van der Waals surface area contributed by atoms with Gasteiger partial charge in [0.15, 0.2) is 11.6 Å². The highest BCUT2D eigenvalue weighted by Gasteiger charge is 2.17. The minimum Gasteiger partial charge on any atom is -0.462 e. The molecule has 0 aliphatic heterocycles. The molecule has 1 heterocycles. The lowest BCUT2D eigenvalue weighted by molar-refractivity contribution is 0.0525. The molecule has 0 saturated carbocycles. The van der Waals surface area contributed by atoms with Crippen molar-refractivity contribution in [1.29, 1.82) is 0 Å². The standard InChI is InChI=1S/C14H15F2N3O2/c1-3-21-14(20)9-7-18-19(2)12(9)8-17-11-6-4-5-10(15)13(11)16/h4-7,17H,3,8H2,1-2H3. The van der Waals surface area contributed by atoms with E-state index in [-0.39, 0.29) is 18.8 Å². The number of benzene rings is 1. The number of halogens is 2. The number of nitrogens with one attached hydrogen (secondary N) is 1. The summed E-state index contributed by atoms with van der Waals surface area (Å²) in [6, 6.07) is 3.85. The number of nitrogens with zero attached hydrogens (tertiary/aromatic N) is 2. The van der Waals surface area contributed by atoms with Crippen LogP contribution in [0.25, 0.3) is 0 Å². The molecule has 2 aromatic rings. The van der Waals surface area contributed by atoms with Crippen LogP contribution in [0.15, 0.2) is 24.4 Å². The Morgan fingerprint density at radius 2 is 2.19 bits per heavy atom. The summed E-state index contributed by atoms with van der Waals surface area (Å²) in [5, 5.41) is 6.73. The smallest absolute Gasteiger partial charge is 0.341 e. The average molecular weight is 295 g/mol. The predicted octanol–water partition coefficient (Wildman–Crippen LogP) is 2.49. The fourth-order valence-corrected chi connectivity index (χ4v) is 1.87. The largest absolute Gasteiger partial charge is 0.462 e. The lowest BCUT2D eigenvalue weighted by Crippen LogP contribution is -2.13. The van der Waals surface area contributed by atoms with E-state index in [1.165, 1.54) is 23.0 Å². The average Bonchev–Trinajstić information content (AvgIpc) is 2.82. The first kappa shape index (κ1) is 15.0. The Balaban J connectivity index is 2.18. The first-order valence-electron chi connectivity index (χ1n) is 6.40. The molecule has 0 radical (unpaired) electrons. The van der Waals surface area contributed by atoms with Crippen LogP contribution >= 0.6 is 0 Å². The van der Waals surface area contributed by atoms with Crippen LogP contribution in [0.2, 0.25) is 0 Å². The van der Waals surface area contributed by atoms with E-state index in [1.807, 2.05) is 0 Å². The van der Waals surface area contributed by atoms with Gasteiger partial charge >= 0.3 is 5.97 Å². The molecule has 7 heteroatoms. The van der Waals surface area contributed by atoms with Crippen LogP contribution in [0.1, 0.15) is 23.0 Å². The lowest BCUT2D eigenvalue weighted by atomic mass is 10.2. The van der Waals surface area contributed by atoms with Crippen molar-refractivity contribution in [3.05, 3.63) is 47.3 Å². The third-order valence-electron chi connectivity index (χ3n) is 2.95. The molecule has 1 aromatic heterocycles. The van der Waals surface area contributed by atoms with Crippen LogP contribution in [0.4, 0.5) is 14.5 Å². The molecule has 0 aliphatic rings. The normalized spacial score (nSPS) is 10.5. The van der Waals surface area contributed by atoms with E-state index in [2.05, 4.69) is 10.4 Å². The van der Waals surface area contributed by atoms with Crippen LogP contribution in [-0.4, -0.2) is 22.4 Å². The number of rotatable bonds is 5. The Bertz CT molecular complexity index is 656. The second-order valence-corrected chi connectivity index (χ2v) is 4.30. The minimum absolute atomic E-state index is 0.0195. The molecule has 1 N–H and O–H groups in total. The van der Waals surface area contributed by atoms with Crippen LogP contribution in [0, 0.1) is 11.6 Å². The number of carbonyl (C=O) groups is 1. The maximum absolute atomic E-state index is 13.6.